The number of hydrogen-bond acceptors (Lipinski definition) is 4. The predicted octanol–water partition coefficient (Wildman–Crippen LogP) is 3.32. The zero-order chi connectivity index (χ0) is 14.6. The van der Waals surface area contributed by atoms with Crippen molar-refractivity contribution in [3.8, 4) is 17.6 Å². The van der Waals surface area contributed by atoms with E-state index in [1.54, 1.807) is 0 Å². The van der Waals surface area contributed by atoms with Crippen molar-refractivity contribution in [2.45, 2.75) is 51.2 Å². The van der Waals surface area contributed by atoms with Gasteiger partial charge >= 0.3 is 0 Å². The van der Waals surface area contributed by atoms with Crippen LogP contribution < -0.4 is 15.2 Å². The largest absolute Gasteiger partial charge is 0.493 e. The SMILES string of the molecule is CC1(C)CC(N)c2ccc(OCCCCC#N)cc2O1. The van der Waals surface area contributed by atoms with E-state index in [0.29, 0.717) is 13.0 Å². The van der Waals surface area contributed by atoms with Gasteiger partial charge in [-0.2, -0.15) is 5.26 Å². The maximum Gasteiger partial charge on any atom is 0.128 e. The molecule has 1 aliphatic rings. The molecular weight excluding hydrogens is 252 g/mol. The molecule has 0 saturated carbocycles. The van der Waals surface area contributed by atoms with Gasteiger partial charge in [-0.05, 0) is 32.8 Å². The third kappa shape index (κ3) is 3.64. The Morgan fingerprint density at radius 1 is 1.45 bits per heavy atom. The average Bonchev–Trinajstić information content (AvgIpc) is 2.36. The molecule has 0 fully saturated rings. The highest BCUT2D eigenvalue weighted by Gasteiger charge is 2.31. The highest BCUT2D eigenvalue weighted by Crippen LogP contribution is 2.39. The summed E-state index contributed by atoms with van der Waals surface area (Å²) in [6.45, 7) is 4.71. The lowest BCUT2D eigenvalue weighted by molar-refractivity contribution is 0.0724. The molecular formula is C16H22N2O2. The lowest BCUT2D eigenvalue weighted by Gasteiger charge is -2.36. The van der Waals surface area contributed by atoms with Gasteiger partial charge in [0.15, 0.2) is 0 Å². The number of nitrogens with two attached hydrogens (primary N) is 1. The van der Waals surface area contributed by atoms with Crippen molar-refractivity contribution < 1.29 is 9.47 Å². The van der Waals surface area contributed by atoms with Gasteiger partial charge in [0.2, 0.25) is 0 Å². The van der Waals surface area contributed by atoms with Crippen molar-refractivity contribution in [3.05, 3.63) is 23.8 Å². The van der Waals surface area contributed by atoms with Crippen LogP contribution in [0.5, 0.6) is 11.5 Å². The molecule has 0 spiro atoms. The number of hydrogen-bond donors (Lipinski definition) is 1. The zero-order valence-electron chi connectivity index (χ0n) is 12.2. The molecule has 2 N–H and O–H groups in total. The number of rotatable bonds is 5. The standard InChI is InChI=1S/C16H22N2O2/c1-16(2)11-14(18)13-7-6-12(10-15(13)20-16)19-9-5-3-4-8-17/h6-7,10,14H,3-5,9,11,18H2,1-2H3. The highest BCUT2D eigenvalue weighted by atomic mass is 16.5. The van der Waals surface area contributed by atoms with Crippen LogP contribution in [0.1, 0.15) is 51.1 Å². The Labute approximate surface area is 120 Å². The van der Waals surface area contributed by atoms with Crippen molar-refractivity contribution in [2.75, 3.05) is 6.61 Å². The van der Waals surface area contributed by atoms with Gasteiger partial charge in [-0.3, -0.25) is 0 Å². The molecule has 0 saturated heterocycles. The smallest absolute Gasteiger partial charge is 0.128 e. The third-order valence-corrected chi connectivity index (χ3v) is 3.43. The lowest BCUT2D eigenvalue weighted by atomic mass is 9.90. The third-order valence-electron chi connectivity index (χ3n) is 3.43. The normalized spacial score (nSPS) is 19.6. The fourth-order valence-electron chi connectivity index (χ4n) is 2.47. The number of nitrogens with zero attached hydrogens (tertiary/aromatic N) is 1. The first kappa shape index (κ1) is 14.7. The fourth-order valence-corrected chi connectivity index (χ4v) is 2.47. The van der Waals surface area contributed by atoms with Crippen molar-refractivity contribution in [2.24, 2.45) is 5.73 Å². The molecule has 1 atom stereocenters. The molecule has 1 heterocycles. The topological polar surface area (TPSA) is 68.3 Å². The highest BCUT2D eigenvalue weighted by molar-refractivity contribution is 5.44. The molecule has 0 amide bonds. The van der Waals surface area contributed by atoms with Crippen LogP contribution in [-0.4, -0.2) is 12.2 Å². The first-order valence-electron chi connectivity index (χ1n) is 7.10. The molecule has 2 rings (SSSR count). The van der Waals surface area contributed by atoms with Crippen molar-refractivity contribution in [3.63, 3.8) is 0 Å². The van der Waals surface area contributed by atoms with Gasteiger partial charge in [0.1, 0.15) is 17.1 Å². The van der Waals surface area contributed by atoms with Crippen molar-refractivity contribution in [1.29, 1.82) is 5.26 Å². The Bertz CT molecular complexity index is 506. The second-order valence-electron chi connectivity index (χ2n) is 5.84. The maximum absolute atomic E-state index is 8.47. The second-order valence-corrected chi connectivity index (χ2v) is 5.84. The number of nitriles is 1. The fraction of sp³-hybridized carbons (Fsp3) is 0.562. The molecule has 4 heteroatoms. The molecule has 4 nitrogen and oxygen atoms in total. The molecule has 1 aromatic rings. The van der Waals surface area contributed by atoms with E-state index in [4.69, 9.17) is 20.5 Å². The molecule has 1 aromatic carbocycles. The van der Waals surface area contributed by atoms with E-state index in [2.05, 4.69) is 6.07 Å². The van der Waals surface area contributed by atoms with Gasteiger partial charge in [0.25, 0.3) is 0 Å². The molecule has 0 aliphatic carbocycles. The first-order chi connectivity index (χ1) is 9.52. The van der Waals surface area contributed by atoms with E-state index in [0.717, 1.165) is 36.3 Å². The quantitative estimate of drug-likeness (QED) is 0.836. The van der Waals surface area contributed by atoms with Gasteiger partial charge in [0.05, 0.1) is 12.7 Å². The van der Waals surface area contributed by atoms with Crippen LogP contribution in [0, 0.1) is 11.3 Å². The summed E-state index contributed by atoms with van der Waals surface area (Å²) in [6.07, 6.45) is 3.15. The summed E-state index contributed by atoms with van der Waals surface area (Å²) < 4.78 is 11.7. The van der Waals surface area contributed by atoms with E-state index in [1.807, 2.05) is 32.0 Å². The van der Waals surface area contributed by atoms with E-state index in [1.165, 1.54) is 0 Å². The number of ether oxygens (including phenoxy) is 2. The van der Waals surface area contributed by atoms with Crippen LogP contribution in [-0.2, 0) is 0 Å². The predicted molar refractivity (Wildman–Crippen MR) is 77.7 cm³/mol. The molecule has 0 aromatic heterocycles. The summed E-state index contributed by atoms with van der Waals surface area (Å²) in [4.78, 5) is 0. The summed E-state index contributed by atoms with van der Waals surface area (Å²) in [6, 6.07) is 7.98. The van der Waals surface area contributed by atoms with Gasteiger partial charge in [0, 0.05) is 30.5 Å². The van der Waals surface area contributed by atoms with Crippen molar-refractivity contribution >= 4 is 0 Å². The van der Waals surface area contributed by atoms with Crippen LogP contribution in [0.3, 0.4) is 0 Å². The monoisotopic (exact) mass is 274 g/mol. The first-order valence-corrected chi connectivity index (χ1v) is 7.10. The van der Waals surface area contributed by atoms with Gasteiger partial charge < -0.3 is 15.2 Å². The summed E-state index contributed by atoms with van der Waals surface area (Å²) >= 11 is 0. The molecule has 0 bridgehead atoms. The summed E-state index contributed by atoms with van der Waals surface area (Å²) in [5.74, 6) is 1.62. The Kier molecular flexibility index (Phi) is 4.51. The second kappa shape index (κ2) is 6.15. The van der Waals surface area contributed by atoms with Crippen LogP contribution in [0.25, 0.3) is 0 Å². The maximum atomic E-state index is 8.47. The van der Waals surface area contributed by atoms with E-state index in [-0.39, 0.29) is 11.6 Å². The minimum Gasteiger partial charge on any atom is -0.493 e. The number of benzene rings is 1. The van der Waals surface area contributed by atoms with Crippen LogP contribution in [0.4, 0.5) is 0 Å². The van der Waals surface area contributed by atoms with E-state index >= 15 is 0 Å². The number of unbranched alkanes of at least 4 members (excludes halogenated alkanes) is 2. The van der Waals surface area contributed by atoms with Crippen LogP contribution in [0.15, 0.2) is 18.2 Å². The van der Waals surface area contributed by atoms with Crippen molar-refractivity contribution in [1.82, 2.24) is 0 Å². The summed E-state index contributed by atoms with van der Waals surface area (Å²) in [7, 11) is 0. The molecule has 108 valence electrons. The minimum absolute atomic E-state index is 0.0124. The summed E-state index contributed by atoms with van der Waals surface area (Å²) in [5.41, 5.74) is 6.98. The molecule has 1 aliphatic heterocycles. The van der Waals surface area contributed by atoms with Gasteiger partial charge in [-0.1, -0.05) is 6.07 Å². The van der Waals surface area contributed by atoms with Gasteiger partial charge in [-0.25, -0.2) is 0 Å². The average molecular weight is 274 g/mol. The van der Waals surface area contributed by atoms with Crippen LogP contribution in [0.2, 0.25) is 0 Å². The lowest BCUT2D eigenvalue weighted by Crippen LogP contribution is -2.37. The van der Waals surface area contributed by atoms with Gasteiger partial charge in [-0.15, -0.1) is 0 Å². The minimum atomic E-state index is -0.238. The number of fused-ring (bicyclic) bond motifs is 1. The van der Waals surface area contributed by atoms with E-state index in [9.17, 15) is 0 Å². The molecule has 20 heavy (non-hydrogen) atoms. The summed E-state index contributed by atoms with van der Waals surface area (Å²) in [5, 5.41) is 8.47. The van der Waals surface area contributed by atoms with E-state index < -0.39 is 0 Å². The Hall–Kier alpha value is -1.73. The Balaban J connectivity index is 1.99. The van der Waals surface area contributed by atoms with Crippen LogP contribution >= 0.6 is 0 Å². The zero-order valence-corrected chi connectivity index (χ0v) is 12.2. The Morgan fingerprint density at radius 3 is 3.00 bits per heavy atom. The molecule has 0 radical (unpaired) electrons. The molecule has 1 unspecified atom stereocenters. The Morgan fingerprint density at radius 2 is 2.25 bits per heavy atom.